The molecule has 0 radical (unpaired) electrons. The van der Waals surface area contributed by atoms with E-state index in [0.717, 1.165) is 73.2 Å². The average molecular weight is 827 g/mol. The van der Waals surface area contributed by atoms with Crippen molar-refractivity contribution < 1.29 is 24.5 Å². The maximum atomic E-state index is 11.0. The summed E-state index contributed by atoms with van der Waals surface area (Å²) in [5, 5.41) is 44.3. The van der Waals surface area contributed by atoms with Gasteiger partial charge in [0.05, 0.1) is 16.9 Å². The van der Waals surface area contributed by atoms with Gasteiger partial charge in [0.25, 0.3) is 0 Å². The van der Waals surface area contributed by atoms with Crippen molar-refractivity contribution in [2.24, 2.45) is 0 Å². The van der Waals surface area contributed by atoms with E-state index in [-0.39, 0.29) is 12.2 Å². The number of aliphatic carboxylic acids is 1. The maximum Gasteiger partial charge on any atom is 0.303 e. The third-order valence-electron chi connectivity index (χ3n) is 10.7. The lowest BCUT2D eigenvalue weighted by molar-refractivity contribution is -0.137. The summed E-state index contributed by atoms with van der Waals surface area (Å²) in [5.74, 6) is 0.721. The van der Waals surface area contributed by atoms with Gasteiger partial charge in [-0.3, -0.25) is 14.8 Å². The van der Waals surface area contributed by atoms with Crippen LogP contribution in [0.3, 0.4) is 0 Å². The number of carbonyl (C=O) groups is 1. The van der Waals surface area contributed by atoms with Gasteiger partial charge in [-0.25, -0.2) is 0 Å². The molecule has 6 aromatic rings. The second kappa shape index (κ2) is 21.8. The second-order valence-electron chi connectivity index (χ2n) is 15.1. The maximum absolute atomic E-state index is 11.0. The van der Waals surface area contributed by atoms with Gasteiger partial charge in [0, 0.05) is 61.8 Å². The molecule has 2 aromatic heterocycles. The number of rotatable bonds is 21. The normalized spacial score (nSPS) is 10.8. The Bertz CT molecular complexity index is 2450. The van der Waals surface area contributed by atoms with E-state index in [4.69, 9.17) is 14.6 Å². The molecule has 0 aliphatic rings. The lowest BCUT2D eigenvalue weighted by Crippen LogP contribution is -2.16. The highest BCUT2D eigenvalue weighted by Crippen LogP contribution is 2.34. The number of hydrogen-bond acceptors (Lipinski definition) is 10. The van der Waals surface area contributed by atoms with Gasteiger partial charge < -0.3 is 30.3 Å². The number of allylic oxidation sites excluding steroid dienone is 1. The first-order valence-corrected chi connectivity index (χ1v) is 20.5. The summed E-state index contributed by atoms with van der Waals surface area (Å²) >= 11 is 0. The Morgan fingerprint density at radius 2 is 1.10 bits per heavy atom. The number of nitrogens with one attached hydrogen (secondary N) is 2. The van der Waals surface area contributed by atoms with Crippen LogP contribution in [0, 0.1) is 36.5 Å². The fraction of sp³-hybridized carbons (Fsp3) is 0.235. The summed E-state index contributed by atoms with van der Waals surface area (Å²) in [5.41, 5.74) is 12.9. The second-order valence-corrected chi connectivity index (χ2v) is 15.1. The van der Waals surface area contributed by atoms with Gasteiger partial charge in [0.1, 0.15) is 36.9 Å². The standard InChI is InChI=1S/C51H50N6O5/c1-34(58)8-6-18-54-28-39-14-16-45(22-49(39)43-20-37(24-52)26-56-30-43)61-32-41-9-4-11-47(35(41)2)48-12-5-10-42(36(48)3)33-62-46-17-15-40(29-55-19-7-13-51(59)60)50(23-46)44-21-38(25-53)27-57-31-44/h4-5,9-12,14-17,20-23,26-27,30-31,54-55,58H,1,6-8,13,18-19,28-29,32-33H2,2-3H3,(H,59,60). The number of nitriles is 2. The molecular formula is C51H50N6O5. The van der Waals surface area contributed by atoms with E-state index in [1.807, 2.05) is 48.5 Å². The van der Waals surface area contributed by atoms with E-state index in [0.29, 0.717) is 74.9 Å². The van der Waals surface area contributed by atoms with Crippen LogP contribution in [-0.4, -0.2) is 39.2 Å². The Kier molecular flexibility index (Phi) is 15.6. The number of ether oxygens (including phenoxy) is 2. The smallest absolute Gasteiger partial charge is 0.303 e. The monoisotopic (exact) mass is 826 g/mol. The highest BCUT2D eigenvalue weighted by molar-refractivity contribution is 5.73. The van der Waals surface area contributed by atoms with E-state index in [9.17, 15) is 20.4 Å². The highest BCUT2D eigenvalue weighted by Gasteiger charge is 2.15. The van der Waals surface area contributed by atoms with Crippen LogP contribution in [0.25, 0.3) is 33.4 Å². The number of hydrogen-bond donors (Lipinski definition) is 4. The number of carboxylic acid groups (broad SMARTS) is 1. The Morgan fingerprint density at radius 3 is 1.53 bits per heavy atom. The molecule has 0 aliphatic heterocycles. The van der Waals surface area contributed by atoms with Crippen molar-refractivity contribution in [3.63, 3.8) is 0 Å². The summed E-state index contributed by atoms with van der Waals surface area (Å²) in [6.07, 6.45) is 8.49. The molecule has 314 valence electrons. The number of benzene rings is 4. The summed E-state index contributed by atoms with van der Waals surface area (Å²) in [4.78, 5) is 19.5. The Balaban J connectivity index is 1.17. The summed E-state index contributed by atoms with van der Waals surface area (Å²) in [7, 11) is 0. The van der Waals surface area contributed by atoms with Crippen LogP contribution in [0.15, 0.2) is 122 Å². The quantitative estimate of drug-likeness (QED) is 0.0402. The molecule has 0 saturated carbocycles. The number of aliphatic hydroxyl groups excluding tert-OH is 1. The predicted molar refractivity (Wildman–Crippen MR) is 240 cm³/mol. The van der Waals surface area contributed by atoms with Crippen LogP contribution in [-0.2, 0) is 31.1 Å². The van der Waals surface area contributed by atoms with E-state index in [2.05, 4.69) is 83.5 Å². The lowest BCUT2D eigenvalue weighted by Gasteiger charge is -2.18. The average Bonchev–Trinajstić information content (AvgIpc) is 3.28. The van der Waals surface area contributed by atoms with Crippen molar-refractivity contribution in [3.05, 3.63) is 167 Å². The van der Waals surface area contributed by atoms with Crippen LogP contribution in [0.5, 0.6) is 11.5 Å². The number of nitrogens with zero attached hydrogens (tertiary/aromatic N) is 4. The van der Waals surface area contributed by atoms with Gasteiger partial charge in [-0.2, -0.15) is 10.5 Å². The summed E-state index contributed by atoms with van der Waals surface area (Å²) in [6, 6.07) is 32.4. The third-order valence-corrected chi connectivity index (χ3v) is 10.7. The highest BCUT2D eigenvalue weighted by atomic mass is 16.5. The Morgan fingerprint density at radius 1 is 0.629 bits per heavy atom. The van der Waals surface area contributed by atoms with Crippen LogP contribution >= 0.6 is 0 Å². The minimum absolute atomic E-state index is 0.0998. The molecule has 4 aromatic carbocycles. The number of carboxylic acids is 1. The SMILES string of the molecule is C=C(O)CCCNCc1ccc(OCc2cccc(-c3cccc(COc4ccc(CNCCCC(=O)O)c(-c5cncc(C#N)c5)c4)c3C)c2C)cc1-c1cncc(C#N)c1. The topological polar surface area (TPSA) is 173 Å². The number of aromatic nitrogens is 2. The molecule has 0 atom stereocenters. The van der Waals surface area contributed by atoms with Gasteiger partial charge in [-0.1, -0.05) is 55.1 Å². The van der Waals surface area contributed by atoms with E-state index in [1.165, 1.54) is 6.20 Å². The summed E-state index contributed by atoms with van der Waals surface area (Å²) < 4.78 is 12.9. The van der Waals surface area contributed by atoms with E-state index < -0.39 is 5.97 Å². The van der Waals surface area contributed by atoms with Gasteiger partial charge in [0.2, 0.25) is 0 Å². The van der Waals surface area contributed by atoms with E-state index >= 15 is 0 Å². The minimum atomic E-state index is -0.820. The molecule has 2 heterocycles. The van der Waals surface area contributed by atoms with Gasteiger partial charge in [0.15, 0.2) is 0 Å². The van der Waals surface area contributed by atoms with E-state index in [1.54, 1.807) is 24.7 Å². The molecular weight excluding hydrogens is 777 g/mol. The molecule has 0 bridgehead atoms. The lowest BCUT2D eigenvalue weighted by atomic mass is 9.92. The fourth-order valence-electron chi connectivity index (χ4n) is 7.25. The zero-order valence-electron chi connectivity index (χ0n) is 35.1. The number of aliphatic hydroxyl groups is 1. The van der Waals surface area contributed by atoms with Crippen LogP contribution in [0.4, 0.5) is 0 Å². The molecule has 0 spiro atoms. The summed E-state index contributed by atoms with van der Waals surface area (Å²) in [6.45, 7) is 10.9. The van der Waals surface area contributed by atoms with Crippen molar-refractivity contribution in [1.82, 2.24) is 20.6 Å². The molecule has 62 heavy (non-hydrogen) atoms. The van der Waals surface area contributed by atoms with Crippen molar-refractivity contribution in [2.45, 2.75) is 65.8 Å². The zero-order chi connectivity index (χ0) is 43.8. The Hall–Kier alpha value is -7.31. The molecule has 0 saturated heterocycles. The third kappa shape index (κ3) is 11.9. The van der Waals surface area contributed by atoms with Crippen molar-refractivity contribution in [3.8, 4) is 57.0 Å². The molecule has 6 rings (SSSR count). The number of pyridine rings is 2. The first-order valence-electron chi connectivity index (χ1n) is 20.5. The molecule has 0 amide bonds. The van der Waals surface area contributed by atoms with Crippen molar-refractivity contribution >= 4 is 5.97 Å². The first-order chi connectivity index (χ1) is 30.1. The predicted octanol–water partition coefficient (Wildman–Crippen LogP) is 9.89. The fourth-order valence-corrected chi connectivity index (χ4v) is 7.25. The molecule has 0 unspecified atom stereocenters. The van der Waals surface area contributed by atoms with Crippen LogP contribution in [0.2, 0.25) is 0 Å². The van der Waals surface area contributed by atoms with Gasteiger partial charge in [-0.05, 0) is 132 Å². The molecule has 4 N–H and O–H groups in total. The molecule has 0 aliphatic carbocycles. The van der Waals surface area contributed by atoms with Crippen molar-refractivity contribution in [1.29, 1.82) is 10.5 Å². The van der Waals surface area contributed by atoms with Gasteiger partial charge >= 0.3 is 5.97 Å². The first kappa shape index (κ1) is 44.2. The molecule has 11 nitrogen and oxygen atoms in total. The Labute approximate surface area is 363 Å². The zero-order valence-corrected chi connectivity index (χ0v) is 35.1. The van der Waals surface area contributed by atoms with Crippen LogP contribution < -0.4 is 20.1 Å². The van der Waals surface area contributed by atoms with Gasteiger partial charge in [-0.15, -0.1) is 0 Å². The molecule has 0 fully saturated rings. The van der Waals surface area contributed by atoms with Crippen molar-refractivity contribution in [2.75, 3.05) is 13.1 Å². The molecule has 11 heteroatoms. The minimum Gasteiger partial charge on any atom is -0.513 e. The largest absolute Gasteiger partial charge is 0.513 e. The van der Waals surface area contributed by atoms with Crippen LogP contribution in [0.1, 0.15) is 70.2 Å².